The van der Waals surface area contributed by atoms with Gasteiger partial charge in [-0.1, -0.05) is 11.6 Å². The van der Waals surface area contributed by atoms with Crippen molar-refractivity contribution in [2.24, 2.45) is 0 Å². The van der Waals surface area contributed by atoms with Crippen LogP contribution in [-0.2, 0) is 9.59 Å². The Balaban J connectivity index is 2.84. The fourth-order valence-corrected chi connectivity index (χ4v) is 1.62. The second kappa shape index (κ2) is 6.76. The molecule has 7 nitrogen and oxygen atoms in total. The SMILES string of the molecule is Cc1cc(Cl)ccc1OC(=O)N(CC(=O)O)CC(=O)O. The smallest absolute Gasteiger partial charge is 0.416 e. The van der Waals surface area contributed by atoms with E-state index in [0.717, 1.165) is 0 Å². The first-order valence-corrected chi connectivity index (χ1v) is 5.84. The van der Waals surface area contributed by atoms with Crippen LogP contribution in [0.1, 0.15) is 5.56 Å². The molecule has 1 rings (SSSR count). The molecule has 0 bridgehead atoms. The van der Waals surface area contributed by atoms with Gasteiger partial charge in [0.15, 0.2) is 0 Å². The molecule has 2 N–H and O–H groups in total. The summed E-state index contributed by atoms with van der Waals surface area (Å²) in [5.41, 5.74) is 0.566. The van der Waals surface area contributed by atoms with Crippen LogP contribution in [0.5, 0.6) is 5.75 Å². The fraction of sp³-hybridized carbons (Fsp3) is 0.250. The van der Waals surface area contributed by atoms with Crippen molar-refractivity contribution in [3.63, 3.8) is 0 Å². The molecule has 1 amide bonds. The number of nitrogens with zero attached hydrogens (tertiary/aromatic N) is 1. The van der Waals surface area contributed by atoms with Crippen LogP contribution in [-0.4, -0.2) is 46.2 Å². The molecule has 0 radical (unpaired) electrons. The first-order valence-electron chi connectivity index (χ1n) is 5.46. The van der Waals surface area contributed by atoms with E-state index in [1.807, 2.05) is 0 Å². The Labute approximate surface area is 119 Å². The quantitative estimate of drug-likeness (QED) is 0.856. The van der Waals surface area contributed by atoms with Gasteiger partial charge in [0.25, 0.3) is 0 Å². The van der Waals surface area contributed by atoms with Gasteiger partial charge in [0.2, 0.25) is 0 Å². The largest absolute Gasteiger partial charge is 0.480 e. The van der Waals surface area contributed by atoms with E-state index in [1.165, 1.54) is 12.1 Å². The van der Waals surface area contributed by atoms with Crippen molar-refractivity contribution in [3.05, 3.63) is 28.8 Å². The summed E-state index contributed by atoms with van der Waals surface area (Å²) in [4.78, 5) is 33.5. The molecule has 0 aromatic heterocycles. The van der Waals surface area contributed by atoms with Crippen LogP contribution < -0.4 is 4.74 Å². The molecule has 20 heavy (non-hydrogen) atoms. The Hall–Kier alpha value is -2.28. The average Bonchev–Trinajstić information content (AvgIpc) is 2.30. The molecule has 0 unspecified atom stereocenters. The lowest BCUT2D eigenvalue weighted by Crippen LogP contribution is -2.41. The van der Waals surface area contributed by atoms with Crippen LogP contribution in [0, 0.1) is 6.92 Å². The van der Waals surface area contributed by atoms with E-state index in [9.17, 15) is 14.4 Å². The zero-order valence-electron chi connectivity index (χ0n) is 10.5. The molecule has 1 aromatic rings. The summed E-state index contributed by atoms with van der Waals surface area (Å²) in [7, 11) is 0. The monoisotopic (exact) mass is 301 g/mol. The molecule has 0 fully saturated rings. The van der Waals surface area contributed by atoms with Gasteiger partial charge in [-0.15, -0.1) is 0 Å². The minimum absolute atomic E-state index is 0.181. The van der Waals surface area contributed by atoms with Crippen molar-refractivity contribution in [2.75, 3.05) is 13.1 Å². The predicted molar refractivity (Wildman–Crippen MR) is 69.1 cm³/mol. The molecule has 0 spiro atoms. The summed E-state index contributed by atoms with van der Waals surface area (Å²) in [5, 5.41) is 17.7. The van der Waals surface area contributed by atoms with E-state index in [0.29, 0.717) is 15.5 Å². The van der Waals surface area contributed by atoms with Crippen LogP contribution in [0.4, 0.5) is 4.79 Å². The molecule has 108 valence electrons. The predicted octanol–water partition coefficient (Wildman–Crippen LogP) is 1.62. The summed E-state index contributed by atoms with van der Waals surface area (Å²) in [6, 6.07) is 4.49. The number of benzene rings is 1. The first kappa shape index (κ1) is 15.8. The van der Waals surface area contributed by atoms with Gasteiger partial charge in [-0.05, 0) is 30.7 Å². The van der Waals surface area contributed by atoms with E-state index < -0.39 is 31.1 Å². The number of carboxylic acids is 2. The second-order valence-electron chi connectivity index (χ2n) is 3.92. The summed E-state index contributed by atoms with van der Waals surface area (Å²) >= 11 is 5.75. The van der Waals surface area contributed by atoms with Crippen LogP contribution >= 0.6 is 11.6 Å². The van der Waals surface area contributed by atoms with Gasteiger partial charge < -0.3 is 14.9 Å². The van der Waals surface area contributed by atoms with Crippen molar-refractivity contribution in [3.8, 4) is 5.75 Å². The lowest BCUT2D eigenvalue weighted by atomic mass is 10.2. The molecule has 0 saturated heterocycles. The minimum atomic E-state index is -1.34. The zero-order chi connectivity index (χ0) is 15.3. The van der Waals surface area contributed by atoms with Crippen molar-refractivity contribution >= 4 is 29.6 Å². The van der Waals surface area contributed by atoms with Crippen LogP contribution in [0.2, 0.25) is 5.02 Å². The lowest BCUT2D eigenvalue weighted by Gasteiger charge is -2.18. The van der Waals surface area contributed by atoms with Crippen molar-refractivity contribution in [1.82, 2.24) is 4.90 Å². The summed E-state index contributed by atoms with van der Waals surface area (Å²) in [6.45, 7) is 0.114. The molecule has 0 saturated carbocycles. The maximum absolute atomic E-state index is 11.8. The van der Waals surface area contributed by atoms with Crippen molar-refractivity contribution < 1.29 is 29.3 Å². The molecule has 0 aliphatic carbocycles. The highest BCUT2D eigenvalue weighted by molar-refractivity contribution is 6.30. The van der Waals surface area contributed by atoms with E-state index in [1.54, 1.807) is 13.0 Å². The highest BCUT2D eigenvalue weighted by Gasteiger charge is 2.22. The van der Waals surface area contributed by atoms with Gasteiger partial charge >= 0.3 is 18.0 Å². The summed E-state index contributed by atoms with van der Waals surface area (Å²) < 4.78 is 4.97. The van der Waals surface area contributed by atoms with Crippen LogP contribution in [0.15, 0.2) is 18.2 Å². The Kier molecular flexibility index (Phi) is 5.33. The topological polar surface area (TPSA) is 104 Å². The maximum Gasteiger partial charge on any atom is 0.416 e. The normalized spacial score (nSPS) is 9.90. The standard InChI is InChI=1S/C12H12ClNO6/c1-7-4-8(13)2-3-9(7)20-12(19)14(5-10(15)16)6-11(17)18/h2-4H,5-6H2,1H3,(H,15,16)(H,17,18). The molecular weight excluding hydrogens is 290 g/mol. The highest BCUT2D eigenvalue weighted by Crippen LogP contribution is 2.22. The lowest BCUT2D eigenvalue weighted by molar-refractivity contribution is -0.140. The Morgan fingerprint density at radius 1 is 1.20 bits per heavy atom. The van der Waals surface area contributed by atoms with E-state index in [4.69, 9.17) is 26.6 Å². The third kappa shape index (κ3) is 4.77. The van der Waals surface area contributed by atoms with E-state index in [2.05, 4.69) is 0 Å². The Morgan fingerprint density at radius 2 is 1.75 bits per heavy atom. The van der Waals surface area contributed by atoms with Gasteiger partial charge in [-0.3, -0.25) is 14.5 Å². The van der Waals surface area contributed by atoms with E-state index in [-0.39, 0.29) is 5.75 Å². The maximum atomic E-state index is 11.8. The fourth-order valence-electron chi connectivity index (χ4n) is 1.40. The second-order valence-corrected chi connectivity index (χ2v) is 4.36. The first-order chi connectivity index (χ1) is 9.29. The van der Waals surface area contributed by atoms with Crippen molar-refractivity contribution in [1.29, 1.82) is 0 Å². The number of carbonyl (C=O) groups is 3. The number of carboxylic acid groups (broad SMARTS) is 2. The number of carbonyl (C=O) groups excluding carboxylic acids is 1. The molecule has 8 heteroatoms. The molecule has 0 aliphatic heterocycles. The number of rotatable bonds is 5. The number of aryl methyl sites for hydroxylation is 1. The number of ether oxygens (including phenoxy) is 1. The molecule has 1 aromatic carbocycles. The van der Waals surface area contributed by atoms with Crippen molar-refractivity contribution in [2.45, 2.75) is 6.92 Å². The highest BCUT2D eigenvalue weighted by atomic mass is 35.5. The third-order valence-electron chi connectivity index (χ3n) is 2.24. The van der Waals surface area contributed by atoms with Gasteiger partial charge in [0.05, 0.1) is 0 Å². The molecule has 0 atom stereocenters. The summed E-state index contributed by atoms with van der Waals surface area (Å²) in [5.74, 6) is -2.49. The number of aliphatic carboxylic acids is 2. The molecule has 0 aliphatic rings. The van der Waals surface area contributed by atoms with Gasteiger partial charge in [-0.25, -0.2) is 4.79 Å². The third-order valence-corrected chi connectivity index (χ3v) is 2.48. The van der Waals surface area contributed by atoms with E-state index >= 15 is 0 Å². The molecular formula is C12H12ClNO6. The zero-order valence-corrected chi connectivity index (χ0v) is 11.3. The van der Waals surface area contributed by atoms with Gasteiger partial charge in [-0.2, -0.15) is 0 Å². The Bertz CT molecular complexity index is 529. The number of amides is 1. The minimum Gasteiger partial charge on any atom is -0.480 e. The number of hydrogen-bond donors (Lipinski definition) is 2. The Morgan fingerprint density at radius 3 is 2.20 bits per heavy atom. The van der Waals surface area contributed by atoms with Gasteiger partial charge in [0.1, 0.15) is 18.8 Å². The van der Waals surface area contributed by atoms with Crippen LogP contribution in [0.25, 0.3) is 0 Å². The molecule has 0 heterocycles. The summed E-state index contributed by atoms with van der Waals surface area (Å²) in [6.07, 6.45) is -1.06. The number of hydrogen-bond acceptors (Lipinski definition) is 4. The average molecular weight is 302 g/mol. The van der Waals surface area contributed by atoms with Crippen LogP contribution in [0.3, 0.4) is 0 Å². The number of halogens is 1. The van der Waals surface area contributed by atoms with Gasteiger partial charge in [0, 0.05) is 5.02 Å².